The third kappa shape index (κ3) is 4.36. The molecule has 1 aromatic heterocycles. The smallest absolute Gasteiger partial charge is 0.437 e. The molecule has 12 heteroatoms. The maximum absolute atomic E-state index is 14.0. The van der Waals surface area contributed by atoms with E-state index in [1.807, 2.05) is 0 Å². The molecule has 3 atom stereocenters. The maximum Gasteiger partial charge on any atom is 0.437 e. The quantitative estimate of drug-likeness (QED) is 0.358. The Bertz CT molecular complexity index is 1260. The van der Waals surface area contributed by atoms with Crippen LogP contribution in [0.5, 0.6) is 0 Å². The summed E-state index contributed by atoms with van der Waals surface area (Å²) in [7, 11) is 0. The molecule has 0 spiro atoms. The predicted molar refractivity (Wildman–Crippen MR) is 119 cm³/mol. The highest BCUT2D eigenvalue weighted by Gasteiger charge is 2.66. The molecular weight excluding hydrogens is 520 g/mol. The third-order valence-corrected chi connectivity index (χ3v) is 6.15. The lowest BCUT2D eigenvalue weighted by atomic mass is 9.79. The summed E-state index contributed by atoms with van der Waals surface area (Å²) >= 11 is 17.9. The Hall–Kier alpha value is -2.72. The highest BCUT2D eigenvalue weighted by atomic mass is 35.5. The van der Waals surface area contributed by atoms with E-state index in [-0.39, 0.29) is 27.1 Å². The van der Waals surface area contributed by atoms with Gasteiger partial charge in [0.05, 0.1) is 5.02 Å². The second-order valence-electron chi connectivity index (χ2n) is 7.52. The second kappa shape index (κ2) is 8.81. The molecule has 0 radical (unpaired) electrons. The number of rotatable bonds is 4. The van der Waals surface area contributed by atoms with Crippen LogP contribution in [0.15, 0.2) is 59.0 Å². The summed E-state index contributed by atoms with van der Waals surface area (Å²) in [5.41, 5.74) is -3.67. The molecule has 2 heterocycles. The molecule has 0 saturated carbocycles. The van der Waals surface area contributed by atoms with E-state index in [1.165, 1.54) is 59.9 Å². The number of hydrogen-bond acceptors (Lipinski definition) is 4. The van der Waals surface area contributed by atoms with Crippen molar-refractivity contribution in [2.45, 2.75) is 17.9 Å². The Morgan fingerprint density at radius 3 is 2.26 bits per heavy atom. The van der Waals surface area contributed by atoms with Gasteiger partial charge in [0.1, 0.15) is 23.5 Å². The fourth-order valence-corrected chi connectivity index (χ4v) is 4.35. The first-order valence-electron chi connectivity index (χ1n) is 9.63. The Labute approximate surface area is 205 Å². The summed E-state index contributed by atoms with van der Waals surface area (Å²) in [6, 6.07) is 9.27. The SMILES string of the molecule is O=C1N[C@H](c2ccc(-c3ccc(Cl)cc3Cl)o2)[C@H](C(=O)c2ccc(Cl)cc2)[C@](O)(C(F)(F)F)N1. The topological polar surface area (TPSA) is 91.6 Å². The van der Waals surface area contributed by atoms with Crippen molar-refractivity contribution in [3.63, 3.8) is 0 Å². The average molecular weight is 534 g/mol. The minimum absolute atomic E-state index is 0.151. The summed E-state index contributed by atoms with van der Waals surface area (Å²) in [4.78, 5) is 25.4. The standard InChI is InChI=1S/C22H14Cl3F3N2O4/c23-11-3-1-10(2-4-11)19(31)17-18(29-20(32)30-21(17,33)22(26,27)28)16-8-7-15(34-16)13-6-5-12(24)9-14(13)25/h1-9,17-18,33H,(H2,29,30,32)/t17-,18-,21+/m1/s1. The van der Waals surface area contributed by atoms with Gasteiger partial charge in [-0.15, -0.1) is 0 Å². The van der Waals surface area contributed by atoms with Gasteiger partial charge in [-0.25, -0.2) is 4.79 Å². The van der Waals surface area contributed by atoms with E-state index in [1.54, 1.807) is 0 Å². The fraction of sp³-hybridized carbons (Fsp3) is 0.182. The molecule has 1 aliphatic heterocycles. The maximum atomic E-state index is 14.0. The molecular formula is C22H14Cl3F3N2O4. The van der Waals surface area contributed by atoms with Crippen LogP contribution in [0.25, 0.3) is 11.3 Å². The lowest BCUT2D eigenvalue weighted by Crippen LogP contribution is -2.72. The number of amides is 2. The van der Waals surface area contributed by atoms with Crippen LogP contribution < -0.4 is 10.6 Å². The zero-order valence-electron chi connectivity index (χ0n) is 16.8. The summed E-state index contributed by atoms with van der Waals surface area (Å²) in [5, 5.41) is 15.2. The van der Waals surface area contributed by atoms with Crippen LogP contribution in [0, 0.1) is 5.92 Å². The number of alkyl halides is 3. The molecule has 1 saturated heterocycles. The van der Waals surface area contributed by atoms with Gasteiger partial charge >= 0.3 is 12.2 Å². The number of carbonyl (C=O) groups is 2. The van der Waals surface area contributed by atoms with Gasteiger partial charge < -0.3 is 20.2 Å². The number of hydrogen-bond donors (Lipinski definition) is 3. The first-order valence-corrected chi connectivity index (χ1v) is 10.8. The van der Waals surface area contributed by atoms with E-state index in [2.05, 4.69) is 5.32 Å². The van der Waals surface area contributed by atoms with Crippen molar-refractivity contribution in [1.29, 1.82) is 0 Å². The number of benzene rings is 2. The molecule has 2 amide bonds. The molecule has 2 aromatic carbocycles. The van der Waals surface area contributed by atoms with Gasteiger partial charge in [-0.1, -0.05) is 34.8 Å². The van der Waals surface area contributed by atoms with E-state index >= 15 is 0 Å². The molecule has 6 nitrogen and oxygen atoms in total. The summed E-state index contributed by atoms with van der Waals surface area (Å²) < 4.78 is 47.7. The van der Waals surface area contributed by atoms with Crippen LogP contribution in [-0.2, 0) is 0 Å². The Kier molecular flexibility index (Phi) is 6.32. The molecule has 4 rings (SSSR count). The highest BCUT2D eigenvalue weighted by molar-refractivity contribution is 6.36. The van der Waals surface area contributed by atoms with Crippen LogP contribution in [-0.4, -0.2) is 28.8 Å². The van der Waals surface area contributed by atoms with Crippen molar-refractivity contribution in [1.82, 2.24) is 10.6 Å². The average Bonchev–Trinajstić information content (AvgIpc) is 3.22. The lowest BCUT2D eigenvalue weighted by molar-refractivity contribution is -0.288. The van der Waals surface area contributed by atoms with Crippen molar-refractivity contribution in [2.75, 3.05) is 0 Å². The van der Waals surface area contributed by atoms with Crippen LogP contribution in [0.2, 0.25) is 15.1 Å². The van der Waals surface area contributed by atoms with Crippen molar-refractivity contribution in [3.05, 3.63) is 81.0 Å². The van der Waals surface area contributed by atoms with Crippen LogP contribution in [0.1, 0.15) is 22.2 Å². The zero-order chi connectivity index (χ0) is 24.8. The van der Waals surface area contributed by atoms with E-state index in [4.69, 9.17) is 39.2 Å². The van der Waals surface area contributed by atoms with Gasteiger partial charge in [0.25, 0.3) is 0 Å². The van der Waals surface area contributed by atoms with Crippen LogP contribution in [0.4, 0.5) is 18.0 Å². The van der Waals surface area contributed by atoms with Crippen molar-refractivity contribution in [2.24, 2.45) is 5.92 Å². The van der Waals surface area contributed by atoms with Gasteiger partial charge in [-0.05, 0) is 54.6 Å². The van der Waals surface area contributed by atoms with Crippen molar-refractivity contribution >= 4 is 46.6 Å². The first kappa shape index (κ1) is 24.4. The van der Waals surface area contributed by atoms with Gasteiger partial charge in [0.15, 0.2) is 5.78 Å². The number of halogens is 6. The monoisotopic (exact) mass is 532 g/mol. The van der Waals surface area contributed by atoms with E-state index < -0.39 is 35.7 Å². The largest absolute Gasteiger partial charge is 0.459 e. The molecule has 1 fully saturated rings. The summed E-state index contributed by atoms with van der Waals surface area (Å²) in [5.74, 6) is -3.40. The Morgan fingerprint density at radius 1 is 1.00 bits per heavy atom. The van der Waals surface area contributed by atoms with E-state index in [0.717, 1.165) is 0 Å². The lowest BCUT2D eigenvalue weighted by Gasteiger charge is -2.44. The number of aliphatic hydroxyl groups is 1. The molecule has 178 valence electrons. The molecule has 34 heavy (non-hydrogen) atoms. The van der Waals surface area contributed by atoms with Crippen LogP contribution >= 0.6 is 34.8 Å². The molecule has 0 aliphatic carbocycles. The minimum atomic E-state index is -5.40. The van der Waals surface area contributed by atoms with Gasteiger partial charge in [0.2, 0.25) is 5.72 Å². The summed E-state index contributed by atoms with van der Waals surface area (Å²) in [6.45, 7) is 0. The third-order valence-electron chi connectivity index (χ3n) is 5.35. The molecule has 0 unspecified atom stereocenters. The van der Waals surface area contributed by atoms with Gasteiger partial charge in [0, 0.05) is 21.2 Å². The van der Waals surface area contributed by atoms with Gasteiger partial charge in [-0.3, -0.25) is 4.79 Å². The Balaban J connectivity index is 1.82. The highest BCUT2D eigenvalue weighted by Crippen LogP contribution is 2.45. The molecule has 3 N–H and O–H groups in total. The van der Waals surface area contributed by atoms with Gasteiger partial charge in [-0.2, -0.15) is 13.2 Å². The number of urea groups is 1. The zero-order valence-corrected chi connectivity index (χ0v) is 19.1. The van der Waals surface area contributed by atoms with Crippen LogP contribution in [0.3, 0.4) is 0 Å². The number of nitrogens with one attached hydrogen (secondary N) is 2. The molecule has 0 bridgehead atoms. The van der Waals surface area contributed by atoms with Crippen molar-refractivity contribution < 1.29 is 32.3 Å². The second-order valence-corrected chi connectivity index (χ2v) is 8.80. The number of Topliss-reactive ketones (excluding diaryl/α,β-unsaturated/α-hetero) is 1. The first-order chi connectivity index (χ1) is 15.9. The van der Waals surface area contributed by atoms with E-state index in [0.29, 0.717) is 10.6 Å². The molecule has 1 aliphatic rings. The Morgan fingerprint density at radius 2 is 1.65 bits per heavy atom. The van der Waals surface area contributed by atoms with Crippen molar-refractivity contribution in [3.8, 4) is 11.3 Å². The molecule has 3 aromatic rings. The summed E-state index contributed by atoms with van der Waals surface area (Å²) in [6.07, 6.45) is -5.40. The predicted octanol–water partition coefficient (Wildman–Crippen LogP) is 6.01. The number of carbonyl (C=O) groups excluding carboxylic acids is 2. The normalized spacial score (nSPS) is 22.7. The number of ketones is 1. The number of furan rings is 1. The minimum Gasteiger partial charge on any atom is -0.459 e. The fourth-order valence-electron chi connectivity index (χ4n) is 3.72. The van der Waals surface area contributed by atoms with E-state index in [9.17, 15) is 27.9 Å².